The molecule has 1 fully saturated rings. The first-order valence-corrected chi connectivity index (χ1v) is 5.92. The van der Waals surface area contributed by atoms with Gasteiger partial charge in [-0.3, -0.25) is 9.58 Å². The monoisotopic (exact) mass is 262 g/mol. The van der Waals surface area contributed by atoms with Gasteiger partial charge >= 0.3 is 6.18 Å². The second-order valence-electron chi connectivity index (χ2n) is 4.66. The molecule has 0 unspecified atom stereocenters. The van der Waals surface area contributed by atoms with Crippen LogP contribution < -0.4 is 5.32 Å². The van der Waals surface area contributed by atoms with Crippen LogP contribution in [0.3, 0.4) is 0 Å². The number of aromatic nitrogens is 2. The van der Waals surface area contributed by atoms with E-state index in [1.807, 2.05) is 11.8 Å². The molecule has 0 spiro atoms. The van der Waals surface area contributed by atoms with Crippen LogP contribution in [0, 0.1) is 0 Å². The van der Waals surface area contributed by atoms with Crippen LogP contribution in [-0.4, -0.2) is 40.4 Å². The molecule has 4 nitrogen and oxygen atoms in total. The Labute approximate surface area is 104 Å². The number of aryl methyl sites for hydroxylation is 1. The fourth-order valence-corrected chi connectivity index (χ4v) is 2.30. The zero-order chi connectivity index (χ0) is 13.3. The number of nitrogens with zero attached hydrogens (tertiary/aromatic N) is 3. The van der Waals surface area contributed by atoms with Gasteiger partial charge in [0.05, 0.1) is 6.20 Å². The molecule has 1 N–H and O–H groups in total. The van der Waals surface area contributed by atoms with Crippen molar-refractivity contribution in [3.8, 4) is 0 Å². The summed E-state index contributed by atoms with van der Waals surface area (Å²) >= 11 is 0. The van der Waals surface area contributed by atoms with Gasteiger partial charge in [0.1, 0.15) is 5.69 Å². The highest BCUT2D eigenvalue weighted by Crippen LogP contribution is 2.32. The van der Waals surface area contributed by atoms with Gasteiger partial charge in [0.15, 0.2) is 0 Å². The predicted octanol–water partition coefficient (Wildman–Crippen LogP) is 1.23. The maximum Gasteiger partial charge on any atom is 0.433 e. The summed E-state index contributed by atoms with van der Waals surface area (Å²) in [6.45, 7) is 4.68. The third-order valence-corrected chi connectivity index (χ3v) is 3.30. The van der Waals surface area contributed by atoms with Crippen molar-refractivity contribution in [2.45, 2.75) is 25.7 Å². The Morgan fingerprint density at radius 2 is 2.22 bits per heavy atom. The van der Waals surface area contributed by atoms with Gasteiger partial charge in [-0.1, -0.05) is 0 Å². The minimum absolute atomic E-state index is 0.236. The maximum absolute atomic E-state index is 12.9. The molecule has 1 atom stereocenters. The Morgan fingerprint density at radius 3 is 2.83 bits per heavy atom. The van der Waals surface area contributed by atoms with E-state index in [0.29, 0.717) is 6.54 Å². The highest BCUT2D eigenvalue weighted by atomic mass is 19.4. The first-order valence-electron chi connectivity index (χ1n) is 5.92. The van der Waals surface area contributed by atoms with Crippen LogP contribution in [0.25, 0.3) is 0 Å². The first-order chi connectivity index (χ1) is 8.39. The Morgan fingerprint density at radius 1 is 1.50 bits per heavy atom. The van der Waals surface area contributed by atoms with Gasteiger partial charge in [-0.25, -0.2) is 0 Å². The third kappa shape index (κ3) is 2.67. The van der Waals surface area contributed by atoms with Crippen molar-refractivity contribution in [3.63, 3.8) is 0 Å². The molecule has 0 aliphatic carbocycles. The summed E-state index contributed by atoms with van der Waals surface area (Å²) in [6, 6.07) is 0.236. The average Bonchev–Trinajstić information content (AvgIpc) is 2.62. The lowest BCUT2D eigenvalue weighted by Gasteiger charge is -2.33. The molecular weight excluding hydrogens is 245 g/mol. The van der Waals surface area contributed by atoms with Crippen LogP contribution in [0.4, 0.5) is 13.2 Å². The Bertz CT molecular complexity index is 413. The Kier molecular flexibility index (Phi) is 3.63. The second kappa shape index (κ2) is 4.89. The number of nitrogens with one attached hydrogen (secondary N) is 1. The lowest BCUT2D eigenvalue weighted by atomic mass is 10.1. The molecule has 2 rings (SSSR count). The van der Waals surface area contributed by atoms with Gasteiger partial charge < -0.3 is 5.32 Å². The van der Waals surface area contributed by atoms with Crippen molar-refractivity contribution < 1.29 is 13.2 Å². The largest absolute Gasteiger partial charge is 0.433 e. The van der Waals surface area contributed by atoms with E-state index >= 15 is 0 Å². The van der Waals surface area contributed by atoms with Crippen LogP contribution in [0.5, 0.6) is 0 Å². The summed E-state index contributed by atoms with van der Waals surface area (Å²) in [5.74, 6) is 0. The Hall–Kier alpha value is -1.08. The van der Waals surface area contributed by atoms with Crippen molar-refractivity contribution in [1.82, 2.24) is 20.0 Å². The molecule has 2 heterocycles. The summed E-state index contributed by atoms with van der Waals surface area (Å²) in [4.78, 5) is 2.04. The van der Waals surface area contributed by atoms with E-state index in [0.717, 1.165) is 24.3 Å². The minimum Gasteiger partial charge on any atom is -0.314 e. The molecule has 7 heteroatoms. The van der Waals surface area contributed by atoms with Gasteiger partial charge in [0.2, 0.25) is 0 Å². The molecule has 1 aromatic heterocycles. The van der Waals surface area contributed by atoms with E-state index in [9.17, 15) is 13.2 Å². The van der Waals surface area contributed by atoms with Crippen molar-refractivity contribution in [3.05, 3.63) is 17.5 Å². The summed E-state index contributed by atoms with van der Waals surface area (Å²) in [7, 11) is 1.33. The molecule has 0 bridgehead atoms. The standard InChI is InChI=1S/C11H17F3N4/c1-8-5-15-3-4-18(8)7-9-6-16-17(2)10(9)11(12,13)14/h6,8,15H,3-5,7H2,1-2H3/t8-/m0/s1. The van der Waals surface area contributed by atoms with E-state index in [-0.39, 0.29) is 11.6 Å². The highest BCUT2D eigenvalue weighted by Gasteiger charge is 2.37. The molecule has 102 valence electrons. The number of hydrogen-bond acceptors (Lipinski definition) is 3. The molecule has 1 aliphatic rings. The van der Waals surface area contributed by atoms with Crippen molar-refractivity contribution in [1.29, 1.82) is 0 Å². The topological polar surface area (TPSA) is 33.1 Å². The molecule has 1 saturated heterocycles. The van der Waals surface area contributed by atoms with Crippen molar-refractivity contribution in [2.24, 2.45) is 7.05 Å². The second-order valence-corrected chi connectivity index (χ2v) is 4.66. The van der Waals surface area contributed by atoms with Gasteiger partial charge in [-0.2, -0.15) is 18.3 Å². The molecule has 0 aromatic carbocycles. The van der Waals surface area contributed by atoms with Crippen LogP contribution in [0.1, 0.15) is 18.2 Å². The lowest BCUT2D eigenvalue weighted by molar-refractivity contribution is -0.144. The lowest BCUT2D eigenvalue weighted by Crippen LogP contribution is -2.49. The smallest absolute Gasteiger partial charge is 0.314 e. The normalized spacial score (nSPS) is 22.4. The van der Waals surface area contributed by atoms with E-state index in [1.165, 1.54) is 13.2 Å². The summed E-state index contributed by atoms with van der Waals surface area (Å²) in [5, 5.41) is 6.94. The van der Waals surface area contributed by atoms with Gasteiger partial charge in [-0.05, 0) is 6.92 Å². The number of hydrogen-bond donors (Lipinski definition) is 1. The number of piperazine rings is 1. The van der Waals surface area contributed by atoms with Crippen molar-refractivity contribution in [2.75, 3.05) is 19.6 Å². The molecular formula is C11H17F3N4. The highest BCUT2D eigenvalue weighted by molar-refractivity contribution is 5.20. The fraction of sp³-hybridized carbons (Fsp3) is 0.727. The summed E-state index contributed by atoms with van der Waals surface area (Å²) in [5.41, 5.74) is -0.396. The van der Waals surface area contributed by atoms with Gasteiger partial charge in [-0.15, -0.1) is 0 Å². The van der Waals surface area contributed by atoms with E-state index < -0.39 is 11.9 Å². The van der Waals surface area contributed by atoms with E-state index in [2.05, 4.69) is 10.4 Å². The number of rotatable bonds is 2. The van der Waals surface area contributed by atoms with Gasteiger partial charge in [0.25, 0.3) is 0 Å². The van der Waals surface area contributed by atoms with Gasteiger partial charge in [0, 0.05) is 44.8 Å². The number of halogens is 3. The maximum atomic E-state index is 12.9. The van der Waals surface area contributed by atoms with Crippen LogP contribution in [-0.2, 0) is 19.8 Å². The Balaban J connectivity index is 2.19. The molecule has 0 saturated carbocycles. The zero-order valence-corrected chi connectivity index (χ0v) is 10.5. The van der Waals surface area contributed by atoms with Crippen LogP contribution in [0.15, 0.2) is 6.20 Å². The molecule has 1 aromatic rings. The fourth-order valence-electron chi connectivity index (χ4n) is 2.30. The molecule has 18 heavy (non-hydrogen) atoms. The average molecular weight is 262 g/mol. The molecule has 0 amide bonds. The van der Waals surface area contributed by atoms with Crippen molar-refractivity contribution >= 4 is 0 Å². The third-order valence-electron chi connectivity index (χ3n) is 3.30. The van der Waals surface area contributed by atoms with Crippen LogP contribution >= 0.6 is 0 Å². The predicted molar refractivity (Wildman–Crippen MR) is 61.0 cm³/mol. The van der Waals surface area contributed by atoms with E-state index in [4.69, 9.17) is 0 Å². The quantitative estimate of drug-likeness (QED) is 0.870. The summed E-state index contributed by atoms with van der Waals surface area (Å²) < 4.78 is 39.6. The molecule has 1 aliphatic heterocycles. The minimum atomic E-state index is -4.35. The zero-order valence-electron chi connectivity index (χ0n) is 10.5. The SMILES string of the molecule is C[C@H]1CNCCN1Cc1cnn(C)c1C(F)(F)F. The van der Waals surface area contributed by atoms with E-state index in [1.54, 1.807) is 0 Å². The van der Waals surface area contributed by atoms with Crippen LogP contribution in [0.2, 0.25) is 0 Å². The first kappa shape index (κ1) is 13.4. The molecule has 0 radical (unpaired) electrons. The number of alkyl halides is 3. The summed E-state index contributed by atoms with van der Waals surface area (Å²) in [6.07, 6.45) is -3.03.